The molecule has 6 heteroatoms. The second-order valence-electron chi connectivity index (χ2n) is 5.27. The number of rotatable bonds is 2. The lowest BCUT2D eigenvalue weighted by atomic mass is 10.00. The van der Waals surface area contributed by atoms with Crippen molar-refractivity contribution in [2.75, 3.05) is 0 Å². The van der Waals surface area contributed by atoms with E-state index < -0.39 is 0 Å². The highest BCUT2D eigenvalue weighted by Gasteiger charge is 2.19. The maximum atomic E-state index is 4.45. The maximum Gasteiger partial charge on any atom is 0.195 e. The standard InChI is InChI=1S/C16H12BrN5/c17-15-9-19-16-14(20-15)8-12(21-22-16)7-10-3-4-13-11(6-10)2-1-5-18-13/h1-6,9,12H,7-8H2. The van der Waals surface area contributed by atoms with Gasteiger partial charge in [0.25, 0.3) is 0 Å². The number of fused-ring (bicyclic) bond motifs is 2. The van der Waals surface area contributed by atoms with Crippen LogP contribution in [-0.2, 0) is 12.8 Å². The monoisotopic (exact) mass is 353 g/mol. The summed E-state index contributed by atoms with van der Waals surface area (Å²) in [7, 11) is 0. The molecule has 22 heavy (non-hydrogen) atoms. The molecule has 1 aliphatic heterocycles. The second-order valence-corrected chi connectivity index (χ2v) is 6.08. The van der Waals surface area contributed by atoms with Gasteiger partial charge >= 0.3 is 0 Å². The van der Waals surface area contributed by atoms with Gasteiger partial charge in [-0.25, -0.2) is 9.97 Å². The van der Waals surface area contributed by atoms with E-state index in [9.17, 15) is 0 Å². The summed E-state index contributed by atoms with van der Waals surface area (Å²) < 4.78 is 0.735. The van der Waals surface area contributed by atoms with Crippen LogP contribution in [0.2, 0.25) is 0 Å². The molecule has 1 aliphatic rings. The minimum atomic E-state index is 0.102. The Morgan fingerprint density at radius 3 is 3.09 bits per heavy atom. The topological polar surface area (TPSA) is 63.4 Å². The molecule has 0 aliphatic carbocycles. The summed E-state index contributed by atoms with van der Waals surface area (Å²) in [4.78, 5) is 13.0. The summed E-state index contributed by atoms with van der Waals surface area (Å²) in [6.45, 7) is 0. The van der Waals surface area contributed by atoms with Gasteiger partial charge in [0.1, 0.15) is 4.60 Å². The van der Waals surface area contributed by atoms with E-state index in [2.05, 4.69) is 65.4 Å². The van der Waals surface area contributed by atoms with Crippen LogP contribution in [0.1, 0.15) is 11.3 Å². The Bertz CT molecular complexity index is 877. The van der Waals surface area contributed by atoms with Gasteiger partial charge in [-0.2, -0.15) is 5.11 Å². The largest absolute Gasteiger partial charge is 0.256 e. The molecular formula is C16H12BrN5. The van der Waals surface area contributed by atoms with Crippen LogP contribution < -0.4 is 0 Å². The third-order valence-corrected chi connectivity index (χ3v) is 4.06. The molecule has 0 amide bonds. The molecule has 1 unspecified atom stereocenters. The zero-order valence-corrected chi connectivity index (χ0v) is 13.2. The fraction of sp³-hybridized carbons (Fsp3) is 0.188. The van der Waals surface area contributed by atoms with Crippen molar-refractivity contribution >= 4 is 32.7 Å². The Kier molecular flexibility index (Phi) is 3.38. The highest BCUT2D eigenvalue weighted by molar-refractivity contribution is 9.10. The summed E-state index contributed by atoms with van der Waals surface area (Å²) in [5.74, 6) is 0.627. The molecule has 0 radical (unpaired) electrons. The molecule has 108 valence electrons. The van der Waals surface area contributed by atoms with Crippen molar-refractivity contribution in [1.82, 2.24) is 15.0 Å². The molecule has 0 N–H and O–H groups in total. The molecule has 0 saturated carbocycles. The van der Waals surface area contributed by atoms with Crippen LogP contribution in [0.4, 0.5) is 5.82 Å². The van der Waals surface area contributed by atoms with Gasteiger partial charge in [-0.3, -0.25) is 4.98 Å². The van der Waals surface area contributed by atoms with Crippen molar-refractivity contribution in [3.05, 3.63) is 58.6 Å². The zero-order chi connectivity index (χ0) is 14.9. The van der Waals surface area contributed by atoms with Gasteiger partial charge < -0.3 is 0 Å². The van der Waals surface area contributed by atoms with Crippen LogP contribution in [0.25, 0.3) is 10.9 Å². The minimum absolute atomic E-state index is 0.102. The second kappa shape index (κ2) is 5.53. The summed E-state index contributed by atoms with van der Waals surface area (Å²) in [5, 5.41) is 9.71. The lowest BCUT2D eigenvalue weighted by Gasteiger charge is -2.16. The quantitative estimate of drug-likeness (QED) is 0.698. The normalized spacial score (nSPS) is 16.7. The highest BCUT2D eigenvalue weighted by Crippen LogP contribution is 2.26. The van der Waals surface area contributed by atoms with E-state index >= 15 is 0 Å². The number of halogens is 1. The summed E-state index contributed by atoms with van der Waals surface area (Å²) in [6, 6.07) is 10.5. The van der Waals surface area contributed by atoms with Crippen molar-refractivity contribution in [2.45, 2.75) is 18.9 Å². The summed E-state index contributed by atoms with van der Waals surface area (Å²) in [6.07, 6.45) is 5.05. The highest BCUT2D eigenvalue weighted by atomic mass is 79.9. The number of pyridine rings is 1. The third kappa shape index (κ3) is 2.62. The first kappa shape index (κ1) is 13.5. The van der Waals surface area contributed by atoms with Gasteiger partial charge in [0.15, 0.2) is 5.82 Å². The van der Waals surface area contributed by atoms with E-state index in [1.54, 1.807) is 6.20 Å². The average molecular weight is 354 g/mol. The van der Waals surface area contributed by atoms with Crippen molar-refractivity contribution in [1.29, 1.82) is 0 Å². The molecular weight excluding hydrogens is 342 g/mol. The van der Waals surface area contributed by atoms with E-state index in [-0.39, 0.29) is 6.04 Å². The van der Waals surface area contributed by atoms with E-state index in [4.69, 9.17) is 0 Å². The Morgan fingerprint density at radius 2 is 2.14 bits per heavy atom. The van der Waals surface area contributed by atoms with E-state index in [1.807, 2.05) is 12.3 Å². The molecule has 1 atom stereocenters. The van der Waals surface area contributed by atoms with Crippen molar-refractivity contribution < 1.29 is 0 Å². The fourth-order valence-corrected chi connectivity index (χ4v) is 2.97. The van der Waals surface area contributed by atoms with Gasteiger partial charge in [-0.05, 0) is 46.1 Å². The smallest absolute Gasteiger partial charge is 0.195 e. The van der Waals surface area contributed by atoms with E-state index in [0.29, 0.717) is 5.82 Å². The van der Waals surface area contributed by atoms with Crippen molar-refractivity contribution in [3.8, 4) is 0 Å². The Hall–Kier alpha value is -2.21. The predicted molar refractivity (Wildman–Crippen MR) is 87.2 cm³/mol. The first-order valence-corrected chi connectivity index (χ1v) is 7.83. The first-order chi connectivity index (χ1) is 10.8. The van der Waals surface area contributed by atoms with Crippen LogP contribution in [0.3, 0.4) is 0 Å². The molecule has 0 spiro atoms. The Balaban J connectivity index is 1.58. The van der Waals surface area contributed by atoms with E-state index in [0.717, 1.165) is 34.0 Å². The average Bonchev–Trinajstić information content (AvgIpc) is 2.54. The molecule has 0 bridgehead atoms. The number of hydrogen-bond acceptors (Lipinski definition) is 5. The Morgan fingerprint density at radius 1 is 1.18 bits per heavy atom. The number of hydrogen-bond donors (Lipinski definition) is 0. The predicted octanol–water partition coefficient (Wildman–Crippen LogP) is 4.04. The third-order valence-electron chi connectivity index (χ3n) is 3.68. The molecule has 3 heterocycles. The van der Waals surface area contributed by atoms with Gasteiger partial charge in [-0.1, -0.05) is 12.1 Å². The fourth-order valence-electron chi connectivity index (χ4n) is 2.65. The lowest BCUT2D eigenvalue weighted by Crippen LogP contribution is -2.16. The number of nitrogens with zero attached hydrogens (tertiary/aromatic N) is 5. The van der Waals surface area contributed by atoms with Crippen LogP contribution >= 0.6 is 15.9 Å². The number of azo groups is 1. The lowest BCUT2D eigenvalue weighted by molar-refractivity contribution is 0.602. The van der Waals surface area contributed by atoms with Gasteiger partial charge in [0, 0.05) is 18.0 Å². The van der Waals surface area contributed by atoms with Gasteiger partial charge in [-0.15, -0.1) is 5.11 Å². The SMILES string of the molecule is Brc1cnc2c(n1)CC(Cc1ccc3ncccc3c1)N=N2. The molecule has 3 aromatic rings. The molecule has 5 nitrogen and oxygen atoms in total. The molecule has 1 aromatic carbocycles. The zero-order valence-electron chi connectivity index (χ0n) is 11.6. The van der Waals surface area contributed by atoms with Crippen LogP contribution in [0, 0.1) is 0 Å². The van der Waals surface area contributed by atoms with Gasteiger partial charge in [0.2, 0.25) is 0 Å². The van der Waals surface area contributed by atoms with Crippen LogP contribution in [-0.4, -0.2) is 21.0 Å². The van der Waals surface area contributed by atoms with Crippen molar-refractivity contribution in [3.63, 3.8) is 0 Å². The maximum absolute atomic E-state index is 4.45. The van der Waals surface area contributed by atoms with Crippen molar-refractivity contribution in [2.24, 2.45) is 10.2 Å². The first-order valence-electron chi connectivity index (χ1n) is 7.04. The van der Waals surface area contributed by atoms with Gasteiger partial charge in [0.05, 0.1) is 23.4 Å². The van der Waals surface area contributed by atoms with Crippen LogP contribution in [0.15, 0.2) is 57.6 Å². The molecule has 4 rings (SSSR count). The number of benzene rings is 1. The number of aromatic nitrogens is 3. The van der Waals surface area contributed by atoms with Crippen LogP contribution in [0.5, 0.6) is 0 Å². The Labute approximate surface area is 135 Å². The van der Waals surface area contributed by atoms with E-state index in [1.165, 1.54) is 5.56 Å². The minimum Gasteiger partial charge on any atom is -0.256 e. The molecule has 2 aromatic heterocycles. The summed E-state index contributed by atoms with van der Waals surface area (Å²) in [5.41, 5.74) is 3.14. The summed E-state index contributed by atoms with van der Waals surface area (Å²) >= 11 is 3.35. The molecule has 0 fully saturated rings. The molecule has 0 saturated heterocycles.